The van der Waals surface area contributed by atoms with E-state index >= 15 is 0 Å². The van der Waals surface area contributed by atoms with E-state index in [0.717, 1.165) is 12.3 Å². The van der Waals surface area contributed by atoms with Crippen LogP contribution in [0.5, 0.6) is 0 Å². The molecule has 22 heavy (non-hydrogen) atoms. The molecule has 0 spiro atoms. The van der Waals surface area contributed by atoms with Gasteiger partial charge in [0.15, 0.2) is 11.6 Å². The number of nitrogens with one attached hydrogen (secondary N) is 1. The molecule has 0 saturated carbocycles. The number of hydrogen-bond acceptors (Lipinski definition) is 3. The molecule has 2 heterocycles. The number of rotatable bonds is 4. The molecule has 1 N–H and O–H groups in total. The average molecular weight is 355 g/mol. The quantitative estimate of drug-likeness (QED) is 0.856. The summed E-state index contributed by atoms with van der Waals surface area (Å²) >= 11 is 6.14. The molecule has 0 aromatic carbocycles. The van der Waals surface area contributed by atoms with Crippen molar-refractivity contribution in [2.75, 3.05) is 5.32 Å². The van der Waals surface area contributed by atoms with Crippen LogP contribution in [-0.2, 0) is 6.54 Å². The minimum atomic E-state index is -2.87. The number of nitrogens with zero attached hydrogens (tertiary/aromatic N) is 1. The summed E-state index contributed by atoms with van der Waals surface area (Å²) in [5.41, 5.74) is -1.45. The third-order valence-electron chi connectivity index (χ3n) is 2.50. The van der Waals surface area contributed by atoms with Crippen molar-refractivity contribution in [3.63, 3.8) is 0 Å². The maximum Gasteiger partial charge on any atom is 0.286 e. The fraction of sp³-hybridized carbons (Fsp3) is 0.167. The Labute approximate surface area is 129 Å². The number of carbonyl (C=O) groups excluding carboxylic acids is 1. The SMILES string of the molecule is O=C(Nc1cc(F)c(=O)n(CC(F)F)c1)c1cc(F)c(Cl)s1. The Morgan fingerprint density at radius 3 is 2.55 bits per heavy atom. The molecule has 118 valence electrons. The third-order valence-corrected chi connectivity index (χ3v) is 3.81. The number of alkyl halides is 2. The van der Waals surface area contributed by atoms with Crippen LogP contribution in [0.25, 0.3) is 0 Å². The predicted molar refractivity (Wildman–Crippen MR) is 73.9 cm³/mol. The van der Waals surface area contributed by atoms with Crippen molar-refractivity contribution in [3.05, 3.63) is 49.5 Å². The number of carbonyl (C=O) groups is 1. The summed E-state index contributed by atoms with van der Waals surface area (Å²) in [6.07, 6.45) is -1.99. The van der Waals surface area contributed by atoms with Crippen LogP contribution in [0, 0.1) is 11.6 Å². The summed E-state index contributed by atoms with van der Waals surface area (Å²) < 4.78 is 51.3. The molecule has 1 amide bonds. The van der Waals surface area contributed by atoms with Crippen molar-refractivity contribution in [2.24, 2.45) is 0 Å². The van der Waals surface area contributed by atoms with Crippen LogP contribution < -0.4 is 10.9 Å². The van der Waals surface area contributed by atoms with E-state index in [2.05, 4.69) is 5.32 Å². The first-order valence-corrected chi connectivity index (χ1v) is 6.91. The monoisotopic (exact) mass is 354 g/mol. The summed E-state index contributed by atoms with van der Waals surface area (Å²) in [7, 11) is 0. The van der Waals surface area contributed by atoms with Gasteiger partial charge in [0, 0.05) is 12.3 Å². The fourth-order valence-electron chi connectivity index (χ4n) is 1.60. The maximum absolute atomic E-state index is 13.4. The van der Waals surface area contributed by atoms with Gasteiger partial charge in [-0.05, 0) is 6.07 Å². The second-order valence-electron chi connectivity index (χ2n) is 4.11. The molecule has 2 aromatic rings. The van der Waals surface area contributed by atoms with Crippen LogP contribution in [0.2, 0.25) is 4.34 Å². The molecule has 2 aromatic heterocycles. The lowest BCUT2D eigenvalue weighted by atomic mass is 10.3. The fourth-order valence-corrected chi connectivity index (χ4v) is 2.56. The van der Waals surface area contributed by atoms with Gasteiger partial charge >= 0.3 is 0 Å². The van der Waals surface area contributed by atoms with Gasteiger partial charge in [0.05, 0.1) is 17.1 Å². The maximum atomic E-state index is 13.4. The topological polar surface area (TPSA) is 51.1 Å². The number of anilines is 1. The molecule has 0 aliphatic carbocycles. The van der Waals surface area contributed by atoms with Gasteiger partial charge in [-0.2, -0.15) is 0 Å². The zero-order valence-corrected chi connectivity index (χ0v) is 12.2. The molecule has 10 heteroatoms. The van der Waals surface area contributed by atoms with E-state index in [1.807, 2.05) is 0 Å². The minimum Gasteiger partial charge on any atom is -0.320 e. The highest BCUT2D eigenvalue weighted by Gasteiger charge is 2.16. The van der Waals surface area contributed by atoms with Gasteiger partial charge in [0.25, 0.3) is 17.9 Å². The van der Waals surface area contributed by atoms with Crippen LogP contribution in [0.3, 0.4) is 0 Å². The van der Waals surface area contributed by atoms with Gasteiger partial charge in [-0.25, -0.2) is 17.6 Å². The standard InChI is InChI=1S/C12H7ClF4N2O2S/c13-10-6(14)2-8(22-10)11(20)18-5-1-7(15)12(21)19(3-5)4-9(16)17/h1-3,9H,4H2,(H,18,20). The van der Waals surface area contributed by atoms with E-state index in [1.165, 1.54) is 0 Å². The number of thiophene rings is 1. The second kappa shape index (κ2) is 6.49. The van der Waals surface area contributed by atoms with Crippen molar-refractivity contribution in [1.82, 2.24) is 4.57 Å². The van der Waals surface area contributed by atoms with Gasteiger partial charge in [0.2, 0.25) is 0 Å². The third kappa shape index (κ3) is 3.66. The molecule has 4 nitrogen and oxygen atoms in total. The predicted octanol–water partition coefficient (Wildman–Crippen LogP) is 3.36. The summed E-state index contributed by atoms with van der Waals surface area (Å²) in [5, 5.41) is 2.18. The number of pyridine rings is 1. The molecule has 0 bridgehead atoms. The Hall–Kier alpha value is -1.87. The molecule has 0 radical (unpaired) electrons. The van der Waals surface area contributed by atoms with Crippen LogP contribution in [0.1, 0.15) is 9.67 Å². The number of hydrogen-bond donors (Lipinski definition) is 1. The lowest BCUT2D eigenvalue weighted by molar-refractivity contribution is 0.103. The molecule has 0 saturated heterocycles. The molecule has 0 unspecified atom stereocenters. The van der Waals surface area contributed by atoms with Gasteiger partial charge in [0.1, 0.15) is 4.34 Å². The van der Waals surface area contributed by atoms with Gasteiger partial charge in [-0.1, -0.05) is 11.6 Å². The Morgan fingerprint density at radius 2 is 2.00 bits per heavy atom. The van der Waals surface area contributed by atoms with Gasteiger partial charge in [-0.3, -0.25) is 9.59 Å². The first-order chi connectivity index (χ1) is 10.3. The first kappa shape index (κ1) is 16.5. The van der Waals surface area contributed by atoms with Crippen molar-refractivity contribution in [2.45, 2.75) is 13.0 Å². The van der Waals surface area contributed by atoms with Crippen molar-refractivity contribution in [1.29, 1.82) is 0 Å². The van der Waals surface area contributed by atoms with E-state index in [-0.39, 0.29) is 14.9 Å². The van der Waals surface area contributed by atoms with Crippen LogP contribution in [-0.4, -0.2) is 16.9 Å². The molecule has 0 fully saturated rings. The van der Waals surface area contributed by atoms with Gasteiger partial charge < -0.3 is 9.88 Å². The lowest BCUT2D eigenvalue weighted by Crippen LogP contribution is -2.26. The van der Waals surface area contributed by atoms with Crippen LogP contribution in [0.15, 0.2) is 23.1 Å². The van der Waals surface area contributed by atoms with E-state index in [0.29, 0.717) is 22.0 Å². The highest BCUT2D eigenvalue weighted by molar-refractivity contribution is 7.18. The van der Waals surface area contributed by atoms with E-state index in [1.54, 1.807) is 0 Å². The van der Waals surface area contributed by atoms with E-state index < -0.39 is 36.1 Å². The normalized spacial score (nSPS) is 11.0. The van der Waals surface area contributed by atoms with E-state index in [9.17, 15) is 27.2 Å². The Balaban J connectivity index is 2.27. The average Bonchev–Trinajstić information content (AvgIpc) is 2.75. The first-order valence-electron chi connectivity index (χ1n) is 5.72. The Bertz CT molecular complexity index is 755. The molecule has 0 aliphatic heterocycles. The largest absolute Gasteiger partial charge is 0.320 e. The summed E-state index contributed by atoms with van der Waals surface area (Å²) in [4.78, 5) is 23.1. The smallest absolute Gasteiger partial charge is 0.286 e. The lowest BCUT2D eigenvalue weighted by Gasteiger charge is -2.09. The molecular formula is C12H7ClF4N2O2S. The van der Waals surface area contributed by atoms with Crippen molar-refractivity contribution < 1.29 is 22.4 Å². The highest BCUT2D eigenvalue weighted by atomic mass is 35.5. The van der Waals surface area contributed by atoms with Gasteiger partial charge in [-0.15, -0.1) is 11.3 Å². The zero-order valence-electron chi connectivity index (χ0n) is 10.6. The number of amides is 1. The van der Waals surface area contributed by atoms with Crippen LogP contribution >= 0.6 is 22.9 Å². The van der Waals surface area contributed by atoms with E-state index in [4.69, 9.17) is 11.6 Å². The molecule has 0 atom stereocenters. The molecule has 2 rings (SSSR count). The molecule has 0 aliphatic rings. The summed E-state index contributed by atoms with van der Waals surface area (Å²) in [5.74, 6) is -2.89. The Morgan fingerprint density at radius 1 is 1.32 bits per heavy atom. The highest BCUT2D eigenvalue weighted by Crippen LogP contribution is 2.26. The van der Waals surface area contributed by atoms with Crippen LogP contribution in [0.4, 0.5) is 23.2 Å². The summed E-state index contributed by atoms with van der Waals surface area (Å²) in [6.45, 7) is -1.01. The minimum absolute atomic E-state index is 0.0884. The second-order valence-corrected chi connectivity index (χ2v) is 5.77. The number of aromatic nitrogens is 1. The molecular weight excluding hydrogens is 348 g/mol. The Kier molecular flexibility index (Phi) is 4.87. The number of halogens is 5. The van der Waals surface area contributed by atoms with Crippen molar-refractivity contribution in [3.8, 4) is 0 Å². The zero-order chi connectivity index (χ0) is 16.4. The van der Waals surface area contributed by atoms with Crippen molar-refractivity contribution >= 4 is 34.5 Å². The summed E-state index contributed by atoms with van der Waals surface area (Å²) in [6, 6.07) is 1.57.